The van der Waals surface area contributed by atoms with Gasteiger partial charge in [-0.2, -0.15) is 18.2 Å². The highest BCUT2D eigenvalue weighted by Gasteiger charge is 2.31. The number of aromatic nitrogens is 2. The molecule has 1 aromatic heterocycles. The van der Waals surface area contributed by atoms with Crippen LogP contribution >= 0.6 is 0 Å². The molecule has 0 aliphatic carbocycles. The Hall–Kier alpha value is -1.89. The molecule has 1 saturated heterocycles. The fourth-order valence-electron chi connectivity index (χ4n) is 2.22. The lowest BCUT2D eigenvalue weighted by Gasteiger charge is -2.06. The molecule has 1 aliphatic heterocycles. The zero-order chi connectivity index (χ0) is 14.2. The van der Waals surface area contributed by atoms with Crippen molar-refractivity contribution in [3.05, 3.63) is 35.7 Å². The SMILES string of the molecule is FC(F)(F)c1cccc(-c2noc([C@H]3CCCN3)n2)c1. The van der Waals surface area contributed by atoms with Gasteiger partial charge in [0.1, 0.15) is 0 Å². The van der Waals surface area contributed by atoms with Gasteiger partial charge in [-0.25, -0.2) is 0 Å². The maximum absolute atomic E-state index is 12.7. The lowest BCUT2D eigenvalue weighted by atomic mass is 10.1. The largest absolute Gasteiger partial charge is 0.416 e. The number of hydrogen-bond donors (Lipinski definition) is 1. The molecule has 3 rings (SSSR count). The quantitative estimate of drug-likeness (QED) is 0.919. The molecule has 0 unspecified atom stereocenters. The van der Waals surface area contributed by atoms with E-state index in [2.05, 4.69) is 15.5 Å². The van der Waals surface area contributed by atoms with Gasteiger partial charge in [-0.3, -0.25) is 0 Å². The summed E-state index contributed by atoms with van der Waals surface area (Å²) in [7, 11) is 0. The van der Waals surface area contributed by atoms with Gasteiger partial charge in [-0.15, -0.1) is 0 Å². The molecule has 0 amide bonds. The van der Waals surface area contributed by atoms with Crippen molar-refractivity contribution in [1.29, 1.82) is 0 Å². The summed E-state index contributed by atoms with van der Waals surface area (Å²) in [6.07, 6.45) is -2.47. The number of nitrogens with zero attached hydrogens (tertiary/aromatic N) is 2. The highest BCUT2D eigenvalue weighted by atomic mass is 19.4. The Labute approximate surface area is 113 Å². The Morgan fingerprint density at radius 2 is 2.15 bits per heavy atom. The number of alkyl halides is 3. The maximum Gasteiger partial charge on any atom is 0.416 e. The van der Waals surface area contributed by atoms with Crippen LogP contribution in [0.15, 0.2) is 28.8 Å². The summed E-state index contributed by atoms with van der Waals surface area (Å²) in [6, 6.07) is 4.91. The maximum atomic E-state index is 12.7. The summed E-state index contributed by atoms with van der Waals surface area (Å²) in [4.78, 5) is 4.18. The third-order valence-electron chi connectivity index (χ3n) is 3.25. The van der Waals surface area contributed by atoms with Crippen LogP contribution in [0.25, 0.3) is 11.4 Å². The summed E-state index contributed by atoms with van der Waals surface area (Å²) in [5.74, 6) is 0.606. The minimum atomic E-state index is -4.38. The molecule has 0 radical (unpaired) electrons. The van der Waals surface area contributed by atoms with Crippen LogP contribution < -0.4 is 5.32 Å². The van der Waals surface area contributed by atoms with Crippen LogP contribution in [0.5, 0.6) is 0 Å². The van der Waals surface area contributed by atoms with Crippen molar-refractivity contribution in [3.63, 3.8) is 0 Å². The number of hydrogen-bond acceptors (Lipinski definition) is 4. The van der Waals surface area contributed by atoms with Crippen LogP contribution in [-0.4, -0.2) is 16.7 Å². The monoisotopic (exact) mass is 283 g/mol. The highest BCUT2D eigenvalue weighted by molar-refractivity contribution is 5.55. The summed E-state index contributed by atoms with van der Waals surface area (Å²) in [6.45, 7) is 0.881. The lowest BCUT2D eigenvalue weighted by molar-refractivity contribution is -0.137. The molecule has 0 saturated carbocycles. The van der Waals surface area contributed by atoms with Gasteiger partial charge >= 0.3 is 6.18 Å². The number of rotatable bonds is 2. The average molecular weight is 283 g/mol. The van der Waals surface area contributed by atoms with Crippen molar-refractivity contribution in [2.45, 2.75) is 25.1 Å². The Kier molecular flexibility index (Phi) is 3.21. The molecule has 0 bridgehead atoms. The zero-order valence-electron chi connectivity index (χ0n) is 10.4. The third-order valence-corrected chi connectivity index (χ3v) is 3.25. The van der Waals surface area contributed by atoms with E-state index >= 15 is 0 Å². The minimum absolute atomic E-state index is 0.00190. The molecule has 1 N–H and O–H groups in total. The smallest absolute Gasteiger partial charge is 0.337 e. The molecule has 1 fully saturated rings. The molecular formula is C13H12F3N3O. The molecule has 7 heteroatoms. The molecule has 20 heavy (non-hydrogen) atoms. The highest BCUT2D eigenvalue weighted by Crippen LogP contribution is 2.32. The van der Waals surface area contributed by atoms with Crippen LogP contribution in [0.4, 0.5) is 13.2 Å². The first-order valence-electron chi connectivity index (χ1n) is 6.28. The van der Waals surface area contributed by atoms with Gasteiger partial charge < -0.3 is 9.84 Å². The van der Waals surface area contributed by atoms with Gasteiger partial charge in [0.25, 0.3) is 0 Å². The number of halogens is 3. The number of benzene rings is 1. The van der Waals surface area contributed by atoms with Crippen molar-refractivity contribution in [3.8, 4) is 11.4 Å². The molecule has 4 nitrogen and oxygen atoms in total. The molecule has 2 heterocycles. The summed E-state index contributed by atoms with van der Waals surface area (Å²) in [5.41, 5.74) is -0.423. The first kappa shape index (κ1) is 13.1. The van der Waals surface area contributed by atoms with E-state index in [9.17, 15) is 13.2 Å². The molecule has 106 valence electrons. The second-order valence-electron chi connectivity index (χ2n) is 4.68. The molecule has 2 aromatic rings. The van der Waals surface area contributed by atoms with E-state index in [0.717, 1.165) is 31.5 Å². The van der Waals surface area contributed by atoms with Gasteiger partial charge in [0, 0.05) is 5.56 Å². The van der Waals surface area contributed by atoms with E-state index in [4.69, 9.17) is 4.52 Å². The van der Waals surface area contributed by atoms with E-state index in [-0.39, 0.29) is 11.9 Å². The minimum Gasteiger partial charge on any atom is -0.337 e. The third kappa shape index (κ3) is 2.53. The second kappa shape index (κ2) is 4.90. The van der Waals surface area contributed by atoms with E-state index in [1.165, 1.54) is 12.1 Å². The number of nitrogens with one attached hydrogen (secondary N) is 1. The lowest BCUT2D eigenvalue weighted by Crippen LogP contribution is -2.12. The van der Waals surface area contributed by atoms with Gasteiger partial charge in [-0.1, -0.05) is 17.3 Å². The van der Waals surface area contributed by atoms with E-state index < -0.39 is 11.7 Å². The van der Waals surface area contributed by atoms with E-state index in [0.29, 0.717) is 11.5 Å². The molecule has 1 aliphatic rings. The second-order valence-corrected chi connectivity index (χ2v) is 4.68. The van der Waals surface area contributed by atoms with Crippen molar-refractivity contribution < 1.29 is 17.7 Å². The standard InChI is InChI=1S/C13H12F3N3O/c14-13(15,16)9-4-1-3-8(7-9)11-18-12(20-19-11)10-5-2-6-17-10/h1,3-4,7,10,17H,2,5-6H2/t10-/m1/s1. The van der Waals surface area contributed by atoms with Gasteiger partial charge in [0.05, 0.1) is 11.6 Å². The van der Waals surface area contributed by atoms with Crippen LogP contribution in [0.2, 0.25) is 0 Å². The van der Waals surface area contributed by atoms with Crippen LogP contribution in [0, 0.1) is 0 Å². The molecule has 1 atom stereocenters. The van der Waals surface area contributed by atoms with Crippen LogP contribution in [-0.2, 0) is 6.18 Å². The fourth-order valence-corrected chi connectivity index (χ4v) is 2.22. The van der Waals surface area contributed by atoms with Crippen molar-refractivity contribution in [2.24, 2.45) is 0 Å². The zero-order valence-corrected chi connectivity index (χ0v) is 10.4. The van der Waals surface area contributed by atoms with Crippen LogP contribution in [0.1, 0.15) is 30.3 Å². The molecular weight excluding hydrogens is 271 g/mol. The normalized spacial score (nSPS) is 19.4. The Morgan fingerprint density at radius 3 is 2.85 bits per heavy atom. The van der Waals surface area contributed by atoms with E-state index in [1.54, 1.807) is 0 Å². The van der Waals surface area contributed by atoms with Crippen molar-refractivity contribution in [2.75, 3.05) is 6.54 Å². The Morgan fingerprint density at radius 1 is 1.30 bits per heavy atom. The topological polar surface area (TPSA) is 51.0 Å². The average Bonchev–Trinajstić information content (AvgIpc) is 3.09. The van der Waals surface area contributed by atoms with Gasteiger partial charge in [0.15, 0.2) is 0 Å². The summed E-state index contributed by atoms with van der Waals surface area (Å²) in [5, 5.41) is 6.96. The van der Waals surface area contributed by atoms with E-state index in [1.807, 2.05) is 0 Å². The Bertz CT molecular complexity index is 603. The van der Waals surface area contributed by atoms with Gasteiger partial charge in [0.2, 0.25) is 11.7 Å². The van der Waals surface area contributed by atoms with Crippen molar-refractivity contribution in [1.82, 2.24) is 15.5 Å². The first-order valence-corrected chi connectivity index (χ1v) is 6.28. The van der Waals surface area contributed by atoms with Gasteiger partial charge in [-0.05, 0) is 31.5 Å². The predicted molar refractivity (Wildman–Crippen MR) is 64.7 cm³/mol. The fraction of sp³-hybridized carbons (Fsp3) is 0.385. The summed E-state index contributed by atoms with van der Waals surface area (Å²) >= 11 is 0. The molecule has 0 spiro atoms. The predicted octanol–water partition coefficient (Wildman–Crippen LogP) is 3.18. The Balaban J connectivity index is 1.89. The summed E-state index contributed by atoms with van der Waals surface area (Å²) < 4.78 is 43.1. The van der Waals surface area contributed by atoms with Crippen LogP contribution in [0.3, 0.4) is 0 Å². The van der Waals surface area contributed by atoms with Crippen molar-refractivity contribution >= 4 is 0 Å². The first-order chi connectivity index (χ1) is 9.54. The molecule has 1 aromatic carbocycles.